The van der Waals surface area contributed by atoms with Crippen LogP contribution in [-0.4, -0.2) is 52.8 Å². The molecule has 0 saturated heterocycles. The summed E-state index contributed by atoms with van der Waals surface area (Å²) in [6.45, 7) is 11.7. The Morgan fingerprint density at radius 1 is 0.692 bits per heavy atom. The minimum absolute atomic E-state index is 0.0310. The van der Waals surface area contributed by atoms with Gasteiger partial charge < -0.3 is 23.4 Å². The van der Waals surface area contributed by atoms with Crippen molar-refractivity contribution in [2.45, 2.75) is 96.1 Å². The third kappa shape index (κ3) is 12.0. The van der Waals surface area contributed by atoms with E-state index in [1.807, 2.05) is 60.7 Å². The van der Waals surface area contributed by atoms with Gasteiger partial charge >= 0.3 is 11.9 Å². The normalized spacial score (nSPS) is 13.6. The molecule has 8 heteroatoms. The highest BCUT2D eigenvalue weighted by molar-refractivity contribution is 6.74. The van der Waals surface area contributed by atoms with Gasteiger partial charge in [-0.15, -0.1) is 0 Å². The van der Waals surface area contributed by atoms with Crippen LogP contribution in [0.15, 0.2) is 60.7 Å². The van der Waals surface area contributed by atoms with Crippen molar-refractivity contribution in [3.05, 3.63) is 71.8 Å². The lowest BCUT2D eigenvalue weighted by atomic mass is 10.0. The van der Waals surface area contributed by atoms with Crippen LogP contribution in [0.4, 0.5) is 0 Å². The smallest absolute Gasteiger partial charge is 0.308 e. The Kier molecular flexibility index (Phi) is 13.3. The molecule has 0 saturated carbocycles. The van der Waals surface area contributed by atoms with E-state index >= 15 is 0 Å². The lowest BCUT2D eigenvalue weighted by molar-refractivity contribution is -0.144. The molecule has 0 amide bonds. The summed E-state index contributed by atoms with van der Waals surface area (Å²) in [5.74, 6) is -0.684. The molecular formula is C31H46O7Si. The molecule has 0 unspecified atom stereocenters. The average Bonchev–Trinajstić information content (AvgIpc) is 2.90. The van der Waals surface area contributed by atoms with Gasteiger partial charge in [0.1, 0.15) is 0 Å². The standard InChI is InChI=1S/C31H46O7Si/c1-31(2,3)39(6,7)38-28(18-26(20-29(32)34-4)36-22-24-14-10-8-11-15-24)19-27(21-30(33)35-5)37-23-25-16-12-9-13-17-25/h8-17,26-28H,18-23H2,1-7H3/t26-,27-/m1/s1. The van der Waals surface area contributed by atoms with Gasteiger partial charge in [-0.05, 0) is 42.1 Å². The molecule has 0 fully saturated rings. The predicted molar refractivity (Wildman–Crippen MR) is 155 cm³/mol. The van der Waals surface area contributed by atoms with Gasteiger partial charge in [-0.2, -0.15) is 0 Å². The first-order valence-electron chi connectivity index (χ1n) is 13.6. The Labute approximate surface area is 235 Å². The summed E-state index contributed by atoms with van der Waals surface area (Å²) in [6.07, 6.45) is -0.0374. The van der Waals surface area contributed by atoms with E-state index in [2.05, 4.69) is 33.9 Å². The zero-order valence-electron chi connectivity index (χ0n) is 24.6. The molecule has 216 valence electrons. The van der Waals surface area contributed by atoms with E-state index in [0.717, 1.165) is 11.1 Å². The summed E-state index contributed by atoms with van der Waals surface area (Å²) < 4.78 is 29.3. The summed E-state index contributed by atoms with van der Waals surface area (Å²) in [5.41, 5.74) is 2.04. The SMILES string of the molecule is COC(=O)C[C@@H](CC(C[C@H](CC(=O)OC)OCc1ccccc1)O[Si](C)(C)C(C)(C)C)OCc1ccccc1. The maximum absolute atomic E-state index is 12.3. The van der Waals surface area contributed by atoms with Crippen molar-refractivity contribution < 1.29 is 33.0 Å². The summed E-state index contributed by atoms with van der Waals surface area (Å²) >= 11 is 0. The Bertz CT molecular complexity index is 922. The lowest BCUT2D eigenvalue weighted by Crippen LogP contribution is -2.46. The number of benzene rings is 2. The summed E-state index contributed by atoms with van der Waals surface area (Å²) in [5, 5.41) is -0.0310. The molecule has 0 aliphatic heterocycles. The Hall–Kier alpha value is -2.52. The van der Waals surface area contributed by atoms with Gasteiger partial charge in [0.2, 0.25) is 0 Å². The van der Waals surface area contributed by atoms with Gasteiger partial charge in [-0.1, -0.05) is 81.4 Å². The van der Waals surface area contributed by atoms with Crippen molar-refractivity contribution in [1.82, 2.24) is 0 Å². The fourth-order valence-corrected chi connectivity index (χ4v) is 5.29. The van der Waals surface area contributed by atoms with Crippen LogP contribution in [-0.2, 0) is 46.2 Å². The number of carbonyl (C=O) groups excluding carboxylic acids is 2. The van der Waals surface area contributed by atoms with Gasteiger partial charge in [0.15, 0.2) is 8.32 Å². The van der Waals surface area contributed by atoms with Crippen LogP contribution in [0.25, 0.3) is 0 Å². The highest BCUT2D eigenvalue weighted by Crippen LogP contribution is 2.38. The van der Waals surface area contributed by atoms with Crippen LogP contribution < -0.4 is 0 Å². The van der Waals surface area contributed by atoms with Crippen LogP contribution in [0.2, 0.25) is 18.1 Å². The van der Waals surface area contributed by atoms with E-state index in [4.69, 9.17) is 23.4 Å². The highest BCUT2D eigenvalue weighted by Gasteiger charge is 2.40. The van der Waals surface area contributed by atoms with Gasteiger partial charge in [-0.3, -0.25) is 9.59 Å². The topological polar surface area (TPSA) is 80.3 Å². The predicted octanol–water partition coefficient (Wildman–Crippen LogP) is 6.45. The second kappa shape index (κ2) is 15.9. The largest absolute Gasteiger partial charge is 0.469 e. The molecule has 7 nitrogen and oxygen atoms in total. The molecule has 0 aliphatic rings. The number of hydrogen-bond acceptors (Lipinski definition) is 7. The van der Waals surface area contributed by atoms with Crippen LogP contribution in [0.3, 0.4) is 0 Å². The fourth-order valence-electron chi connectivity index (χ4n) is 3.91. The summed E-state index contributed by atoms with van der Waals surface area (Å²) in [7, 11) is 0.543. The minimum Gasteiger partial charge on any atom is -0.469 e. The second-order valence-corrected chi connectivity index (χ2v) is 16.1. The molecule has 0 aliphatic carbocycles. The highest BCUT2D eigenvalue weighted by atomic mass is 28.4. The first kappa shape index (κ1) is 32.7. The van der Waals surface area contributed by atoms with Crippen LogP contribution >= 0.6 is 0 Å². The molecule has 39 heavy (non-hydrogen) atoms. The molecule has 0 heterocycles. The first-order chi connectivity index (χ1) is 18.4. The molecular weight excluding hydrogens is 512 g/mol. The zero-order chi connectivity index (χ0) is 28.9. The molecule has 0 spiro atoms. The first-order valence-corrected chi connectivity index (χ1v) is 16.5. The number of ether oxygens (including phenoxy) is 4. The molecule has 0 aromatic heterocycles. The quantitative estimate of drug-likeness (QED) is 0.173. The molecule has 2 aromatic rings. The molecule has 0 radical (unpaired) electrons. The third-order valence-corrected chi connectivity index (χ3v) is 11.8. The second-order valence-electron chi connectivity index (χ2n) is 11.4. The van der Waals surface area contributed by atoms with Gasteiger partial charge in [-0.25, -0.2) is 0 Å². The van der Waals surface area contributed by atoms with Crippen LogP contribution in [0.5, 0.6) is 0 Å². The maximum atomic E-state index is 12.3. The van der Waals surface area contributed by atoms with Crippen LogP contribution in [0.1, 0.15) is 57.6 Å². The van der Waals surface area contributed by atoms with Crippen LogP contribution in [0, 0.1) is 0 Å². The van der Waals surface area contributed by atoms with Crippen molar-refractivity contribution in [1.29, 1.82) is 0 Å². The Morgan fingerprint density at radius 3 is 1.41 bits per heavy atom. The molecule has 2 rings (SSSR count). The minimum atomic E-state index is -2.22. The van der Waals surface area contributed by atoms with E-state index in [0.29, 0.717) is 26.1 Å². The number of rotatable bonds is 16. The fraction of sp³-hybridized carbons (Fsp3) is 0.548. The summed E-state index contributed by atoms with van der Waals surface area (Å²) in [4.78, 5) is 24.6. The van der Waals surface area contributed by atoms with E-state index in [-0.39, 0.29) is 35.9 Å². The average molecular weight is 559 g/mol. The number of carbonyl (C=O) groups is 2. The van der Waals surface area contributed by atoms with Crippen molar-refractivity contribution in [3.8, 4) is 0 Å². The molecule has 2 aromatic carbocycles. The van der Waals surface area contributed by atoms with E-state index in [1.165, 1.54) is 14.2 Å². The van der Waals surface area contributed by atoms with Crippen molar-refractivity contribution in [2.24, 2.45) is 0 Å². The molecule has 0 bridgehead atoms. The zero-order valence-corrected chi connectivity index (χ0v) is 25.6. The van der Waals surface area contributed by atoms with E-state index in [1.54, 1.807) is 0 Å². The van der Waals surface area contributed by atoms with Crippen molar-refractivity contribution in [2.75, 3.05) is 14.2 Å². The third-order valence-electron chi connectivity index (χ3n) is 7.22. The van der Waals surface area contributed by atoms with Gasteiger partial charge in [0.25, 0.3) is 0 Å². The van der Waals surface area contributed by atoms with E-state index < -0.39 is 20.5 Å². The van der Waals surface area contributed by atoms with Gasteiger partial charge in [0.05, 0.1) is 58.6 Å². The van der Waals surface area contributed by atoms with Crippen molar-refractivity contribution >= 4 is 20.3 Å². The van der Waals surface area contributed by atoms with Crippen molar-refractivity contribution in [3.63, 3.8) is 0 Å². The molecule has 2 atom stereocenters. The number of hydrogen-bond donors (Lipinski definition) is 0. The number of methoxy groups -OCH3 is 2. The Morgan fingerprint density at radius 2 is 1.08 bits per heavy atom. The number of esters is 2. The Balaban J connectivity index is 2.28. The monoisotopic (exact) mass is 558 g/mol. The maximum Gasteiger partial charge on any atom is 0.308 e. The van der Waals surface area contributed by atoms with E-state index in [9.17, 15) is 9.59 Å². The molecule has 0 N–H and O–H groups in total. The lowest BCUT2D eigenvalue weighted by Gasteiger charge is -2.40. The van der Waals surface area contributed by atoms with Gasteiger partial charge in [0, 0.05) is 0 Å². The summed E-state index contributed by atoms with van der Waals surface area (Å²) in [6, 6.07) is 19.7.